The summed E-state index contributed by atoms with van der Waals surface area (Å²) in [5, 5.41) is 0. The molecule has 2 heterocycles. The maximum Gasteiger partial charge on any atom is 0.416 e. The topological polar surface area (TPSA) is 26.8 Å². The lowest BCUT2D eigenvalue weighted by Crippen LogP contribution is -2.46. The molecule has 0 aromatic carbocycles. The van der Waals surface area contributed by atoms with Gasteiger partial charge in [0.2, 0.25) is 5.91 Å². The molecule has 2 saturated heterocycles. The third kappa shape index (κ3) is 6.18. The van der Waals surface area contributed by atoms with Crippen LogP contribution < -0.4 is 0 Å². The van der Waals surface area contributed by atoms with E-state index >= 15 is 0 Å². The van der Waals surface area contributed by atoms with Crippen LogP contribution in [0.2, 0.25) is 0 Å². The van der Waals surface area contributed by atoms with Gasteiger partial charge in [0, 0.05) is 51.0 Å². The molecule has 0 bridgehead atoms. The molecule has 4 aliphatic rings. The van der Waals surface area contributed by atoms with E-state index in [9.17, 15) is 18.0 Å². The summed E-state index contributed by atoms with van der Waals surface area (Å²) < 4.78 is 39.0. The first-order valence-electron chi connectivity index (χ1n) is 12.3. The van der Waals surface area contributed by atoms with Crippen molar-refractivity contribution < 1.29 is 18.0 Å². The fraction of sp³-hybridized carbons (Fsp3) is 0.720. The van der Waals surface area contributed by atoms with E-state index < -0.39 is 11.7 Å². The fourth-order valence-electron chi connectivity index (χ4n) is 5.44. The summed E-state index contributed by atoms with van der Waals surface area (Å²) in [5.74, 6) is 0.923. The number of halogens is 3. The Bertz CT molecular complexity index is 747. The summed E-state index contributed by atoms with van der Waals surface area (Å²) in [6.07, 6.45) is 9.36. The van der Waals surface area contributed by atoms with Gasteiger partial charge in [0.1, 0.15) is 0 Å². The van der Waals surface area contributed by atoms with Crippen LogP contribution in [0, 0.1) is 5.92 Å². The van der Waals surface area contributed by atoms with Gasteiger partial charge < -0.3 is 9.80 Å². The molecule has 7 heteroatoms. The summed E-state index contributed by atoms with van der Waals surface area (Å²) in [6, 6.07) is 0. The van der Waals surface area contributed by atoms with Crippen molar-refractivity contribution in [1.29, 1.82) is 0 Å². The highest BCUT2D eigenvalue weighted by Gasteiger charge is 2.34. The molecule has 1 amide bonds. The van der Waals surface area contributed by atoms with Gasteiger partial charge >= 0.3 is 6.18 Å². The van der Waals surface area contributed by atoms with E-state index in [1.165, 1.54) is 37.0 Å². The molecule has 0 atom stereocenters. The molecule has 0 radical (unpaired) electrons. The Hall–Kier alpha value is -1.76. The first-order chi connectivity index (χ1) is 15.4. The number of carbonyl (C=O) groups is 1. The summed E-state index contributed by atoms with van der Waals surface area (Å²) >= 11 is 0. The lowest BCUT2D eigenvalue weighted by Gasteiger charge is -2.39. The highest BCUT2D eigenvalue weighted by Crippen LogP contribution is 2.33. The van der Waals surface area contributed by atoms with Crippen LogP contribution in [0.1, 0.15) is 57.8 Å². The van der Waals surface area contributed by atoms with E-state index in [1.54, 1.807) is 0 Å². The van der Waals surface area contributed by atoms with Crippen molar-refractivity contribution in [1.82, 2.24) is 14.7 Å². The average Bonchev–Trinajstić information content (AvgIpc) is 3.34. The number of rotatable bonds is 5. The standard InChI is InChI=1S/C25H36F3N3O/c26-25(27,28)22-4-3-5-23(19-22)30-16-14-29(15-17-30)13-10-20-6-8-21(9-7-20)18-24(32)31-11-1-2-12-31/h4,18-20H,1-3,5-17H2. The second-order valence-corrected chi connectivity index (χ2v) is 9.73. The lowest BCUT2D eigenvalue weighted by atomic mass is 9.83. The van der Waals surface area contributed by atoms with Crippen LogP contribution in [-0.4, -0.2) is 72.6 Å². The molecular formula is C25H36F3N3O. The molecular weight excluding hydrogens is 415 g/mol. The molecule has 2 aliphatic heterocycles. The van der Waals surface area contributed by atoms with Crippen LogP contribution in [-0.2, 0) is 4.79 Å². The van der Waals surface area contributed by atoms with E-state index in [2.05, 4.69) is 9.80 Å². The molecule has 1 saturated carbocycles. The van der Waals surface area contributed by atoms with E-state index in [0.29, 0.717) is 18.8 Å². The molecule has 0 aromatic rings. The average molecular weight is 452 g/mol. The van der Waals surface area contributed by atoms with Crippen molar-refractivity contribution in [2.45, 2.75) is 64.0 Å². The molecule has 3 fully saturated rings. The number of likely N-dealkylation sites (tertiary alicyclic amines) is 1. The van der Waals surface area contributed by atoms with Crippen LogP contribution in [0.5, 0.6) is 0 Å². The molecule has 4 nitrogen and oxygen atoms in total. The minimum absolute atomic E-state index is 0.208. The number of hydrogen-bond acceptors (Lipinski definition) is 3. The number of amides is 1. The summed E-state index contributed by atoms with van der Waals surface area (Å²) in [4.78, 5) is 18.9. The van der Waals surface area contributed by atoms with Crippen molar-refractivity contribution >= 4 is 5.91 Å². The zero-order valence-electron chi connectivity index (χ0n) is 19.0. The van der Waals surface area contributed by atoms with Crippen LogP contribution >= 0.6 is 0 Å². The van der Waals surface area contributed by atoms with Gasteiger partial charge in [-0.1, -0.05) is 11.6 Å². The second-order valence-electron chi connectivity index (χ2n) is 9.73. The van der Waals surface area contributed by atoms with E-state index in [0.717, 1.165) is 77.2 Å². The van der Waals surface area contributed by atoms with Gasteiger partial charge in [-0.05, 0) is 76.3 Å². The number of carbonyl (C=O) groups excluding carboxylic acids is 1. The highest BCUT2D eigenvalue weighted by molar-refractivity contribution is 5.88. The maximum absolute atomic E-state index is 13.0. The van der Waals surface area contributed by atoms with Crippen LogP contribution in [0.15, 0.2) is 35.1 Å². The third-order valence-electron chi connectivity index (χ3n) is 7.54. The Labute approximate surface area is 189 Å². The Morgan fingerprint density at radius 2 is 1.69 bits per heavy atom. The Morgan fingerprint density at radius 3 is 2.34 bits per heavy atom. The molecule has 0 aromatic heterocycles. The Morgan fingerprint density at radius 1 is 1.00 bits per heavy atom. The van der Waals surface area contributed by atoms with Gasteiger partial charge in [-0.15, -0.1) is 0 Å². The van der Waals surface area contributed by atoms with Gasteiger partial charge in [-0.2, -0.15) is 13.2 Å². The van der Waals surface area contributed by atoms with Crippen molar-refractivity contribution in [3.8, 4) is 0 Å². The fourth-order valence-corrected chi connectivity index (χ4v) is 5.44. The predicted octanol–water partition coefficient (Wildman–Crippen LogP) is 4.90. The maximum atomic E-state index is 13.0. The van der Waals surface area contributed by atoms with Crippen LogP contribution in [0.3, 0.4) is 0 Å². The molecule has 178 valence electrons. The lowest BCUT2D eigenvalue weighted by molar-refractivity contribution is -0.125. The largest absolute Gasteiger partial charge is 0.416 e. The summed E-state index contributed by atoms with van der Waals surface area (Å²) in [6.45, 7) is 6.36. The van der Waals surface area contributed by atoms with Crippen LogP contribution in [0.4, 0.5) is 13.2 Å². The minimum atomic E-state index is -4.25. The molecule has 4 rings (SSSR count). The molecule has 2 aliphatic carbocycles. The van der Waals surface area contributed by atoms with Gasteiger partial charge in [-0.3, -0.25) is 9.69 Å². The van der Waals surface area contributed by atoms with E-state index in [1.807, 2.05) is 11.0 Å². The van der Waals surface area contributed by atoms with Gasteiger partial charge in [0.15, 0.2) is 0 Å². The number of hydrogen-bond donors (Lipinski definition) is 0. The summed E-state index contributed by atoms with van der Waals surface area (Å²) in [7, 11) is 0. The minimum Gasteiger partial charge on any atom is -0.372 e. The number of nitrogens with zero attached hydrogens (tertiary/aromatic N) is 3. The number of piperazine rings is 1. The molecule has 0 unspecified atom stereocenters. The van der Waals surface area contributed by atoms with Crippen molar-refractivity contribution in [2.24, 2.45) is 5.92 Å². The summed E-state index contributed by atoms with van der Waals surface area (Å²) in [5.41, 5.74) is 1.67. The first kappa shape index (κ1) is 23.4. The SMILES string of the molecule is O=C(C=C1CCC(CCN2CCN(C3=CC(C(F)(F)F)=CCC3)CC2)CC1)N1CCCC1. The van der Waals surface area contributed by atoms with Crippen molar-refractivity contribution in [2.75, 3.05) is 45.8 Å². The third-order valence-corrected chi connectivity index (χ3v) is 7.54. The van der Waals surface area contributed by atoms with Gasteiger partial charge in [0.05, 0.1) is 5.57 Å². The zero-order valence-corrected chi connectivity index (χ0v) is 19.0. The van der Waals surface area contributed by atoms with Crippen LogP contribution in [0.25, 0.3) is 0 Å². The first-order valence-corrected chi connectivity index (χ1v) is 12.3. The van der Waals surface area contributed by atoms with Gasteiger partial charge in [0.25, 0.3) is 0 Å². The van der Waals surface area contributed by atoms with Gasteiger partial charge in [-0.25, -0.2) is 0 Å². The Balaban J connectivity index is 1.16. The quantitative estimate of drug-likeness (QED) is 0.557. The number of allylic oxidation sites excluding steroid dienone is 5. The van der Waals surface area contributed by atoms with E-state index in [-0.39, 0.29) is 5.91 Å². The molecule has 0 spiro atoms. The molecule has 32 heavy (non-hydrogen) atoms. The Kier molecular flexibility index (Phi) is 7.64. The normalized spacial score (nSPS) is 25.6. The second kappa shape index (κ2) is 10.4. The number of alkyl halides is 3. The highest BCUT2D eigenvalue weighted by atomic mass is 19.4. The predicted molar refractivity (Wildman–Crippen MR) is 120 cm³/mol. The van der Waals surface area contributed by atoms with E-state index in [4.69, 9.17) is 0 Å². The van der Waals surface area contributed by atoms with Crippen molar-refractivity contribution in [3.63, 3.8) is 0 Å². The molecule has 0 N–H and O–H groups in total. The zero-order chi connectivity index (χ0) is 22.6. The van der Waals surface area contributed by atoms with Crippen molar-refractivity contribution in [3.05, 3.63) is 35.1 Å². The monoisotopic (exact) mass is 451 g/mol. The smallest absolute Gasteiger partial charge is 0.372 e.